The Kier molecular flexibility index (Phi) is 1.12. The molecule has 2 bridgehead atoms. The quantitative estimate of drug-likeness (QED) is 0.520. The van der Waals surface area contributed by atoms with E-state index in [1.54, 1.807) is 0 Å². The Morgan fingerprint density at radius 3 is 2.56 bits per heavy atom. The van der Waals surface area contributed by atoms with Gasteiger partial charge in [-0.15, -0.1) is 0 Å². The van der Waals surface area contributed by atoms with Gasteiger partial charge in [0.2, 0.25) is 0 Å². The van der Waals surface area contributed by atoms with Crippen molar-refractivity contribution in [3.05, 3.63) is 12.2 Å². The monoisotopic (exact) mass is 123 g/mol. The average Bonchev–Trinajstić information content (AvgIpc) is 2.45. The Balaban J connectivity index is 2.10. The van der Waals surface area contributed by atoms with Crippen molar-refractivity contribution in [1.29, 1.82) is 0 Å². The molecule has 1 fully saturated rings. The smallest absolute Gasteiger partial charge is 0.00430 e. The van der Waals surface area contributed by atoms with E-state index in [2.05, 4.69) is 12.2 Å². The SMILES string of the molecule is NCC1CC2C=CC1C2. The Bertz CT molecular complexity index is 140. The van der Waals surface area contributed by atoms with E-state index in [4.69, 9.17) is 5.73 Å². The maximum Gasteiger partial charge on any atom is -0.00430 e. The molecular weight excluding hydrogens is 110 g/mol. The van der Waals surface area contributed by atoms with Crippen molar-refractivity contribution in [2.45, 2.75) is 12.8 Å². The molecule has 3 unspecified atom stereocenters. The van der Waals surface area contributed by atoms with Crippen LogP contribution in [0.25, 0.3) is 0 Å². The standard InChI is InChI=1S/C8H13N/c9-5-8-4-6-1-2-7(8)3-6/h1-2,6-8H,3-5,9H2. The first-order valence-electron chi connectivity index (χ1n) is 3.78. The molecule has 0 aliphatic heterocycles. The van der Waals surface area contributed by atoms with Crippen molar-refractivity contribution in [2.75, 3.05) is 6.54 Å². The highest BCUT2D eigenvalue weighted by Gasteiger charge is 2.34. The molecule has 0 aromatic carbocycles. The van der Waals surface area contributed by atoms with Crippen LogP contribution in [0.2, 0.25) is 0 Å². The lowest BCUT2D eigenvalue weighted by Gasteiger charge is -2.14. The van der Waals surface area contributed by atoms with Crippen LogP contribution in [0, 0.1) is 17.8 Å². The van der Waals surface area contributed by atoms with Gasteiger partial charge in [-0.3, -0.25) is 0 Å². The van der Waals surface area contributed by atoms with Crippen molar-refractivity contribution >= 4 is 0 Å². The average molecular weight is 123 g/mol. The van der Waals surface area contributed by atoms with E-state index in [9.17, 15) is 0 Å². The third-order valence-electron chi connectivity index (χ3n) is 2.72. The van der Waals surface area contributed by atoms with Gasteiger partial charge in [0.15, 0.2) is 0 Å². The molecule has 9 heavy (non-hydrogen) atoms. The highest BCUT2D eigenvalue weighted by molar-refractivity contribution is 5.10. The van der Waals surface area contributed by atoms with Crippen LogP contribution < -0.4 is 5.73 Å². The summed E-state index contributed by atoms with van der Waals surface area (Å²) in [5.41, 5.74) is 5.59. The summed E-state index contributed by atoms with van der Waals surface area (Å²) < 4.78 is 0. The maximum atomic E-state index is 5.59. The normalized spacial score (nSPS) is 46.6. The van der Waals surface area contributed by atoms with E-state index in [-0.39, 0.29) is 0 Å². The van der Waals surface area contributed by atoms with E-state index in [1.165, 1.54) is 12.8 Å². The molecule has 50 valence electrons. The first-order chi connectivity index (χ1) is 4.40. The molecule has 0 heterocycles. The van der Waals surface area contributed by atoms with Crippen LogP contribution in [0.3, 0.4) is 0 Å². The summed E-state index contributed by atoms with van der Waals surface area (Å²) in [6, 6.07) is 0. The largest absolute Gasteiger partial charge is 0.330 e. The predicted octanol–water partition coefficient (Wildman–Crippen LogP) is 1.16. The molecule has 0 spiro atoms. The van der Waals surface area contributed by atoms with Gasteiger partial charge in [0.1, 0.15) is 0 Å². The molecule has 1 nitrogen and oxygen atoms in total. The second-order valence-electron chi connectivity index (χ2n) is 3.28. The summed E-state index contributed by atoms with van der Waals surface area (Å²) in [5, 5.41) is 0. The number of hydrogen-bond donors (Lipinski definition) is 1. The molecule has 2 rings (SSSR count). The van der Waals surface area contributed by atoms with Gasteiger partial charge in [-0.1, -0.05) is 12.2 Å². The Labute approximate surface area is 55.9 Å². The zero-order valence-corrected chi connectivity index (χ0v) is 5.59. The summed E-state index contributed by atoms with van der Waals surface area (Å²) in [4.78, 5) is 0. The van der Waals surface area contributed by atoms with Crippen molar-refractivity contribution < 1.29 is 0 Å². The lowest BCUT2D eigenvalue weighted by atomic mass is 9.94. The Hall–Kier alpha value is -0.300. The minimum Gasteiger partial charge on any atom is -0.330 e. The molecular formula is C8H13N. The molecule has 0 radical (unpaired) electrons. The van der Waals surface area contributed by atoms with E-state index < -0.39 is 0 Å². The van der Waals surface area contributed by atoms with Crippen molar-refractivity contribution in [2.24, 2.45) is 23.5 Å². The van der Waals surface area contributed by atoms with E-state index in [1.807, 2.05) is 0 Å². The Morgan fingerprint density at radius 1 is 1.33 bits per heavy atom. The lowest BCUT2D eigenvalue weighted by molar-refractivity contribution is 0.459. The summed E-state index contributed by atoms with van der Waals surface area (Å²) in [5.74, 6) is 2.56. The fraction of sp³-hybridized carbons (Fsp3) is 0.750. The van der Waals surface area contributed by atoms with Gasteiger partial charge >= 0.3 is 0 Å². The fourth-order valence-electron chi connectivity index (χ4n) is 2.17. The summed E-state index contributed by atoms with van der Waals surface area (Å²) in [6.45, 7) is 0.894. The molecule has 0 amide bonds. The van der Waals surface area contributed by atoms with Crippen molar-refractivity contribution in [1.82, 2.24) is 0 Å². The minimum atomic E-state index is 0.819. The molecule has 1 heteroatoms. The van der Waals surface area contributed by atoms with Gasteiger partial charge in [-0.05, 0) is 37.1 Å². The van der Waals surface area contributed by atoms with E-state index >= 15 is 0 Å². The minimum absolute atomic E-state index is 0.819. The number of rotatable bonds is 1. The zero-order chi connectivity index (χ0) is 6.27. The second kappa shape index (κ2) is 1.84. The van der Waals surface area contributed by atoms with E-state index in [0.29, 0.717) is 0 Å². The number of fused-ring (bicyclic) bond motifs is 2. The summed E-state index contributed by atoms with van der Waals surface area (Å²) in [6.07, 6.45) is 7.46. The second-order valence-corrected chi connectivity index (χ2v) is 3.28. The first-order valence-corrected chi connectivity index (χ1v) is 3.78. The van der Waals surface area contributed by atoms with Crippen LogP contribution in [0.5, 0.6) is 0 Å². The first kappa shape index (κ1) is 5.48. The van der Waals surface area contributed by atoms with Crippen LogP contribution in [-0.4, -0.2) is 6.54 Å². The Morgan fingerprint density at radius 2 is 2.22 bits per heavy atom. The number of hydrogen-bond acceptors (Lipinski definition) is 1. The third-order valence-corrected chi connectivity index (χ3v) is 2.72. The molecule has 1 saturated carbocycles. The summed E-state index contributed by atoms with van der Waals surface area (Å²) in [7, 11) is 0. The van der Waals surface area contributed by atoms with Crippen molar-refractivity contribution in [3.8, 4) is 0 Å². The molecule has 2 aliphatic carbocycles. The number of allylic oxidation sites excluding steroid dienone is 2. The highest BCUT2D eigenvalue weighted by Crippen LogP contribution is 2.42. The number of nitrogens with two attached hydrogens (primary N) is 1. The molecule has 2 aliphatic rings. The van der Waals surface area contributed by atoms with Gasteiger partial charge in [0.25, 0.3) is 0 Å². The topological polar surface area (TPSA) is 26.0 Å². The van der Waals surface area contributed by atoms with Gasteiger partial charge in [0.05, 0.1) is 0 Å². The summed E-state index contributed by atoms with van der Waals surface area (Å²) >= 11 is 0. The van der Waals surface area contributed by atoms with Crippen LogP contribution >= 0.6 is 0 Å². The molecule has 0 aromatic rings. The molecule has 0 saturated heterocycles. The van der Waals surface area contributed by atoms with E-state index in [0.717, 1.165) is 24.3 Å². The van der Waals surface area contributed by atoms with Gasteiger partial charge in [-0.2, -0.15) is 0 Å². The third kappa shape index (κ3) is 0.715. The van der Waals surface area contributed by atoms with Gasteiger partial charge in [-0.25, -0.2) is 0 Å². The molecule has 0 aromatic heterocycles. The van der Waals surface area contributed by atoms with Crippen LogP contribution in [0.1, 0.15) is 12.8 Å². The van der Waals surface area contributed by atoms with Crippen LogP contribution in [0.4, 0.5) is 0 Å². The van der Waals surface area contributed by atoms with Gasteiger partial charge in [0, 0.05) is 0 Å². The zero-order valence-electron chi connectivity index (χ0n) is 5.59. The lowest BCUT2D eigenvalue weighted by Crippen LogP contribution is -2.17. The fourth-order valence-corrected chi connectivity index (χ4v) is 2.17. The van der Waals surface area contributed by atoms with Gasteiger partial charge < -0.3 is 5.73 Å². The van der Waals surface area contributed by atoms with Crippen LogP contribution in [0.15, 0.2) is 12.2 Å². The van der Waals surface area contributed by atoms with Crippen LogP contribution in [-0.2, 0) is 0 Å². The molecule has 3 atom stereocenters. The van der Waals surface area contributed by atoms with Crippen molar-refractivity contribution in [3.63, 3.8) is 0 Å². The highest BCUT2D eigenvalue weighted by atomic mass is 14.6. The maximum absolute atomic E-state index is 5.59. The molecule has 2 N–H and O–H groups in total. The predicted molar refractivity (Wildman–Crippen MR) is 37.9 cm³/mol.